The molecule has 0 saturated heterocycles. The fraction of sp³-hybridized carbons (Fsp3) is 0.818. The van der Waals surface area contributed by atoms with Crippen molar-refractivity contribution in [2.75, 3.05) is 13.2 Å². The fourth-order valence-electron chi connectivity index (χ4n) is 6.65. The minimum absolute atomic E-state index is 0.0784. The molecule has 1 aliphatic rings. The Balaban J connectivity index is 2.49. The monoisotopic (exact) mass is 847 g/mol. The quantitative estimate of drug-likeness (QED) is 0.0152. The Kier molecular flexibility index (Phi) is 32.4. The lowest BCUT2D eigenvalue weighted by atomic mass is 9.85. The first-order valence-corrected chi connectivity index (χ1v) is 23.8. The van der Waals surface area contributed by atoms with Gasteiger partial charge in [0.1, 0.15) is 43.2 Å². The molecule has 1 fully saturated rings. The van der Waals surface area contributed by atoms with Crippen LogP contribution in [0.15, 0.2) is 36.5 Å². The summed E-state index contributed by atoms with van der Waals surface area (Å²) < 4.78 is 33.5. The van der Waals surface area contributed by atoms with Crippen LogP contribution >= 0.6 is 7.82 Å². The molecular formula is C44H79O13P. The molecule has 0 bridgehead atoms. The Labute approximate surface area is 348 Å². The number of phosphoric ester groups is 1. The van der Waals surface area contributed by atoms with E-state index < -0.39 is 75.7 Å². The van der Waals surface area contributed by atoms with Gasteiger partial charge < -0.3 is 39.9 Å². The van der Waals surface area contributed by atoms with E-state index in [1.807, 2.05) is 0 Å². The molecule has 13 nitrogen and oxygen atoms in total. The zero-order chi connectivity index (χ0) is 42.9. The predicted octanol–water partition coefficient (Wildman–Crippen LogP) is 8.22. The third-order valence-corrected chi connectivity index (χ3v) is 11.2. The maximum atomic E-state index is 12.8. The third-order valence-electron chi connectivity index (χ3n) is 10.2. The van der Waals surface area contributed by atoms with Crippen molar-refractivity contribution >= 4 is 19.8 Å². The van der Waals surface area contributed by atoms with E-state index in [1.165, 1.54) is 64.2 Å². The summed E-state index contributed by atoms with van der Waals surface area (Å²) in [4.78, 5) is 35.6. The second kappa shape index (κ2) is 34.7. The van der Waals surface area contributed by atoms with Gasteiger partial charge in [0, 0.05) is 12.8 Å². The maximum Gasteiger partial charge on any atom is 0.472 e. The number of esters is 2. The molecule has 0 aromatic heterocycles. The van der Waals surface area contributed by atoms with Crippen molar-refractivity contribution in [2.45, 2.75) is 217 Å². The molecule has 58 heavy (non-hydrogen) atoms. The molecule has 0 heterocycles. The van der Waals surface area contributed by atoms with E-state index >= 15 is 0 Å². The van der Waals surface area contributed by atoms with Crippen molar-refractivity contribution in [1.82, 2.24) is 0 Å². The van der Waals surface area contributed by atoms with Gasteiger partial charge >= 0.3 is 19.8 Å². The standard InChI is InChI=1S/C44H79O13P/c1-3-5-7-9-11-13-15-17-19-21-23-25-27-29-31-33-38(46)56-36(35-55-58(52,53)57-44-42(50)40(48)39(47)41(49)43(44)51)34-54-37(45)32-30-28-26-24-22-20-18-16-14-12-10-8-6-4-2/h5,7,11,13,17,19,36,39-44,47-51H,3-4,6,8-10,12,14-16,18,20-35H2,1-2H3,(H,52,53)/b7-5-,13-11-,19-17-. The van der Waals surface area contributed by atoms with E-state index in [2.05, 4.69) is 50.3 Å². The molecule has 1 rings (SSSR count). The van der Waals surface area contributed by atoms with Crippen molar-refractivity contribution in [3.05, 3.63) is 36.5 Å². The van der Waals surface area contributed by atoms with E-state index in [-0.39, 0.29) is 12.8 Å². The number of phosphoric acid groups is 1. The number of rotatable bonds is 36. The molecule has 0 radical (unpaired) electrons. The first-order chi connectivity index (χ1) is 27.9. The minimum atomic E-state index is -5.12. The van der Waals surface area contributed by atoms with Gasteiger partial charge in [-0.3, -0.25) is 18.6 Å². The van der Waals surface area contributed by atoms with Gasteiger partial charge in [0.2, 0.25) is 0 Å². The molecule has 6 N–H and O–H groups in total. The van der Waals surface area contributed by atoms with Crippen molar-refractivity contribution in [3.8, 4) is 0 Å². The van der Waals surface area contributed by atoms with Gasteiger partial charge in [-0.1, -0.05) is 153 Å². The van der Waals surface area contributed by atoms with Crippen LogP contribution in [0.5, 0.6) is 0 Å². The van der Waals surface area contributed by atoms with E-state index in [4.69, 9.17) is 18.5 Å². The van der Waals surface area contributed by atoms with Crippen LogP contribution in [0.1, 0.15) is 174 Å². The van der Waals surface area contributed by atoms with Crippen LogP contribution in [0.4, 0.5) is 0 Å². The third kappa shape index (κ3) is 27.0. The molecule has 6 atom stereocenters. The highest BCUT2D eigenvalue weighted by atomic mass is 31.2. The van der Waals surface area contributed by atoms with E-state index in [0.29, 0.717) is 12.8 Å². The second-order valence-electron chi connectivity index (χ2n) is 15.5. The number of hydrogen-bond acceptors (Lipinski definition) is 12. The first kappa shape index (κ1) is 54.1. The average molecular weight is 847 g/mol. The smallest absolute Gasteiger partial charge is 0.462 e. The van der Waals surface area contributed by atoms with E-state index in [1.54, 1.807) is 0 Å². The molecule has 0 aliphatic heterocycles. The number of carbonyl (C=O) groups is 2. The first-order valence-electron chi connectivity index (χ1n) is 22.3. The van der Waals surface area contributed by atoms with Gasteiger partial charge in [-0.05, 0) is 44.9 Å². The Morgan fingerprint density at radius 3 is 1.50 bits per heavy atom. The number of ether oxygens (including phenoxy) is 2. The molecule has 14 heteroatoms. The summed E-state index contributed by atoms with van der Waals surface area (Å²) in [6.07, 6.45) is 24.9. The number of aliphatic hydroxyl groups excluding tert-OH is 5. The van der Waals surface area contributed by atoms with Crippen LogP contribution in [-0.4, -0.2) is 98.3 Å². The molecule has 0 aromatic carbocycles. The molecule has 1 saturated carbocycles. The Morgan fingerprint density at radius 1 is 0.552 bits per heavy atom. The summed E-state index contributed by atoms with van der Waals surface area (Å²) in [5.41, 5.74) is 0. The average Bonchev–Trinajstić information content (AvgIpc) is 3.20. The molecule has 1 aliphatic carbocycles. The number of unbranched alkanes of at least 4 members (excludes halogenated alkanes) is 18. The Hall–Kier alpha value is -1.93. The second-order valence-corrected chi connectivity index (χ2v) is 16.9. The van der Waals surface area contributed by atoms with Gasteiger partial charge in [-0.25, -0.2) is 4.57 Å². The number of hydrogen-bond donors (Lipinski definition) is 6. The number of aliphatic hydroxyl groups is 5. The lowest BCUT2D eigenvalue weighted by Gasteiger charge is -2.41. The molecule has 0 amide bonds. The highest BCUT2D eigenvalue weighted by Crippen LogP contribution is 2.47. The lowest BCUT2D eigenvalue weighted by Crippen LogP contribution is -2.64. The normalized spacial score (nSPS) is 22.8. The topological polar surface area (TPSA) is 210 Å². The highest BCUT2D eigenvalue weighted by Gasteiger charge is 2.51. The fourth-order valence-corrected chi connectivity index (χ4v) is 7.63. The van der Waals surface area contributed by atoms with Crippen molar-refractivity contribution in [1.29, 1.82) is 0 Å². The highest BCUT2D eigenvalue weighted by molar-refractivity contribution is 7.47. The summed E-state index contributed by atoms with van der Waals surface area (Å²) in [7, 11) is -5.12. The summed E-state index contributed by atoms with van der Waals surface area (Å²) in [6, 6.07) is 0. The van der Waals surface area contributed by atoms with Crippen LogP contribution in [0.2, 0.25) is 0 Å². The van der Waals surface area contributed by atoms with Crippen LogP contribution < -0.4 is 0 Å². The van der Waals surface area contributed by atoms with Gasteiger partial charge in [0.05, 0.1) is 6.61 Å². The number of allylic oxidation sites excluding steroid dienone is 6. The van der Waals surface area contributed by atoms with E-state index in [9.17, 15) is 44.6 Å². The van der Waals surface area contributed by atoms with Crippen molar-refractivity contribution < 1.29 is 63.1 Å². The van der Waals surface area contributed by atoms with Gasteiger partial charge in [-0.15, -0.1) is 0 Å². The zero-order valence-corrected chi connectivity index (χ0v) is 36.5. The van der Waals surface area contributed by atoms with Crippen LogP contribution in [-0.2, 0) is 32.7 Å². The van der Waals surface area contributed by atoms with Gasteiger partial charge in [0.25, 0.3) is 0 Å². The zero-order valence-electron chi connectivity index (χ0n) is 35.6. The predicted molar refractivity (Wildman–Crippen MR) is 226 cm³/mol. The van der Waals surface area contributed by atoms with Gasteiger partial charge in [-0.2, -0.15) is 0 Å². The van der Waals surface area contributed by atoms with Crippen LogP contribution in [0.3, 0.4) is 0 Å². The minimum Gasteiger partial charge on any atom is -0.462 e. The number of carbonyl (C=O) groups excluding carboxylic acids is 2. The lowest BCUT2D eigenvalue weighted by molar-refractivity contribution is -0.220. The van der Waals surface area contributed by atoms with Crippen molar-refractivity contribution in [2.24, 2.45) is 0 Å². The van der Waals surface area contributed by atoms with E-state index in [0.717, 1.165) is 70.6 Å². The van der Waals surface area contributed by atoms with Crippen LogP contribution in [0.25, 0.3) is 0 Å². The summed E-state index contributed by atoms with van der Waals surface area (Å²) >= 11 is 0. The van der Waals surface area contributed by atoms with Crippen molar-refractivity contribution in [3.63, 3.8) is 0 Å². The van der Waals surface area contributed by atoms with Crippen LogP contribution in [0, 0.1) is 0 Å². The van der Waals surface area contributed by atoms with Gasteiger partial charge in [0.15, 0.2) is 6.10 Å². The SMILES string of the molecule is CC/C=C\C/C=C\C/C=C\CCCCCCCC(=O)OC(COC(=O)CCCCCCCCCCCCCCCC)COP(=O)(O)OC1C(O)C(O)C(O)C(O)C1O. The molecule has 6 unspecified atom stereocenters. The maximum absolute atomic E-state index is 12.8. The summed E-state index contributed by atoms with van der Waals surface area (Å²) in [6.45, 7) is 3.17. The molecule has 0 aromatic rings. The summed E-state index contributed by atoms with van der Waals surface area (Å²) in [5, 5.41) is 50.1. The molecular weight excluding hydrogens is 767 g/mol. The molecule has 0 spiro atoms. The summed E-state index contributed by atoms with van der Waals surface area (Å²) in [5.74, 6) is -1.12. The molecule has 338 valence electrons. The Bertz CT molecular complexity index is 1160. The largest absolute Gasteiger partial charge is 0.472 e. The Morgan fingerprint density at radius 2 is 0.983 bits per heavy atom.